The zero-order valence-electron chi connectivity index (χ0n) is 1.79. The molecule has 0 fully saturated rings. The zero-order valence-corrected chi connectivity index (χ0v) is 6.35. The Morgan fingerprint density at radius 3 is 1.00 bits per heavy atom. The molecule has 0 N–H and O–H groups in total. The van der Waals surface area contributed by atoms with E-state index in [0.717, 1.165) is 0 Å². The first-order chi connectivity index (χ1) is 1.73. The van der Waals surface area contributed by atoms with Crippen molar-refractivity contribution in [2.75, 3.05) is 0 Å². The van der Waals surface area contributed by atoms with E-state index in [2.05, 4.69) is 32.7 Å². The molecule has 0 heterocycles. The van der Waals surface area contributed by atoms with Crippen LogP contribution in [-0.4, -0.2) is 11.2 Å². The summed E-state index contributed by atoms with van der Waals surface area (Å²) in [6.07, 6.45) is 0. The summed E-state index contributed by atoms with van der Waals surface area (Å²) in [5, 5.41) is 0. The zero-order chi connectivity index (χ0) is 3.58. The molecule has 0 saturated heterocycles. The molecular formula is H3AsS3. The van der Waals surface area contributed by atoms with E-state index in [-0.39, 0.29) is 0 Å². The third-order valence-corrected chi connectivity index (χ3v) is 0. The van der Waals surface area contributed by atoms with E-state index in [0.29, 0.717) is 0 Å². The third-order valence-electron chi connectivity index (χ3n) is 0. The molecule has 0 aliphatic rings. The molecule has 0 saturated carbocycles. The summed E-state index contributed by atoms with van der Waals surface area (Å²) in [7, 11) is 11.5. The van der Waals surface area contributed by atoms with Gasteiger partial charge in [-0.3, -0.25) is 0 Å². The van der Waals surface area contributed by atoms with Crippen LogP contribution in [-0.2, 0) is 0 Å². The Kier molecular flexibility index (Phi) is 3.96. The van der Waals surface area contributed by atoms with Crippen LogP contribution in [0.5, 0.6) is 0 Å². The van der Waals surface area contributed by atoms with Crippen LogP contribution in [0.3, 0.4) is 0 Å². The van der Waals surface area contributed by atoms with Crippen molar-refractivity contribution < 1.29 is 0 Å². The fourth-order valence-corrected chi connectivity index (χ4v) is 0. The van der Waals surface area contributed by atoms with E-state index in [9.17, 15) is 0 Å². The second-order valence-electron chi connectivity index (χ2n) is 0.268. The van der Waals surface area contributed by atoms with E-state index in [1.807, 2.05) is 0 Å². The van der Waals surface area contributed by atoms with Gasteiger partial charge in [0.1, 0.15) is 0 Å². The van der Waals surface area contributed by atoms with Crippen molar-refractivity contribution in [2.24, 2.45) is 0 Å². The van der Waals surface area contributed by atoms with Gasteiger partial charge in [-0.1, -0.05) is 0 Å². The van der Waals surface area contributed by atoms with Crippen LogP contribution < -0.4 is 0 Å². The number of thiol groups is 3. The second-order valence-corrected chi connectivity index (χ2v) is 12.5. The summed E-state index contributed by atoms with van der Waals surface area (Å²) in [5.74, 6) is 0. The van der Waals surface area contributed by atoms with Crippen molar-refractivity contribution in [3.63, 3.8) is 0 Å². The van der Waals surface area contributed by atoms with Crippen LogP contribution in [0.4, 0.5) is 0 Å². The minimum atomic E-state index is -1.10. The fraction of sp³-hybridized carbons (Fsp3) is 0. The average Bonchev–Trinajstić information content (AvgIpc) is 0.811. The molecule has 0 bridgehead atoms. The van der Waals surface area contributed by atoms with Crippen LogP contribution in [0.15, 0.2) is 0 Å². The predicted octanol–water partition coefficient (Wildman–Crippen LogP) is 0.761. The van der Waals surface area contributed by atoms with Crippen LogP contribution >= 0.6 is 32.7 Å². The van der Waals surface area contributed by atoms with Gasteiger partial charge in [-0.15, -0.1) is 0 Å². The van der Waals surface area contributed by atoms with E-state index in [1.54, 1.807) is 0 Å². The summed E-state index contributed by atoms with van der Waals surface area (Å²) in [6, 6.07) is 0. The summed E-state index contributed by atoms with van der Waals surface area (Å²) in [6.45, 7) is 0. The van der Waals surface area contributed by atoms with Gasteiger partial charge in [-0.05, 0) is 0 Å². The molecular weight excluding hydrogens is 171 g/mol. The Morgan fingerprint density at radius 1 is 1.00 bits per heavy atom. The Hall–Kier alpha value is 1.61. The molecule has 0 aliphatic heterocycles. The van der Waals surface area contributed by atoms with Crippen molar-refractivity contribution >= 4 is 43.9 Å². The summed E-state index contributed by atoms with van der Waals surface area (Å²) >= 11 is -1.10. The molecule has 4 heavy (non-hydrogen) atoms. The Labute approximate surface area is 43.8 Å². The van der Waals surface area contributed by atoms with Crippen LogP contribution in [0.2, 0.25) is 0 Å². The molecule has 0 aliphatic carbocycles. The van der Waals surface area contributed by atoms with E-state index < -0.39 is 11.2 Å². The number of hydrogen-bond donors (Lipinski definition) is 3. The van der Waals surface area contributed by atoms with Gasteiger partial charge in [0, 0.05) is 0 Å². The molecule has 0 radical (unpaired) electrons. The first-order valence-corrected chi connectivity index (χ1v) is 9.35. The quantitative estimate of drug-likeness (QED) is 0.350. The molecule has 0 nitrogen and oxygen atoms in total. The number of hydrogen-bond acceptors (Lipinski definition) is 3. The molecule has 0 atom stereocenters. The van der Waals surface area contributed by atoms with E-state index in [4.69, 9.17) is 0 Å². The monoisotopic (exact) mass is 174 g/mol. The van der Waals surface area contributed by atoms with Crippen molar-refractivity contribution in [3.8, 4) is 0 Å². The van der Waals surface area contributed by atoms with Crippen molar-refractivity contribution in [2.45, 2.75) is 0 Å². The molecule has 0 amide bonds. The molecule has 0 aromatic heterocycles. The second kappa shape index (κ2) is 2.83. The van der Waals surface area contributed by atoms with E-state index in [1.165, 1.54) is 0 Å². The standard InChI is InChI=1S/AsH3S3/c2-1(3)4/h2-4H. The fourth-order valence-electron chi connectivity index (χ4n) is 0. The summed E-state index contributed by atoms with van der Waals surface area (Å²) in [5.41, 5.74) is 0. The minimum absolute atomic E-state index is 1.10. The topological polar surface area (TPSA) is 0 Å². The van der Waals surface area contributed by atoms with Gasteiger partial charge in [-0.25, -0.2) is 0 Å². The molecule has 0 aromatic rings. The Morgan fingerprint density at radius 2 is 1.00 bits per heavy atom. The third kappa shape index (κ3) is 9.49. The van der Waals surface area contributed by atoms with Crippen molar-refractivity contribution in [1.29, 1.82) is 0 Å². The van der Waals surface area contributed by atoms with Gasteiger partial charge in [-0.2, -0.15) is 0 Å². The van der Waals surface area contributed by atoms with Gasteiger partial charge < -0.3 is 0 Å². The Bertz CT molecular complexity index is 8.00. The number of rotatable bonds is 0. The van der Waals surface area contributed by atoms with Crippen molar-refractivity contribution in [1.82, 2.24) is 0 Å². The molecule has 0 unspecified atom stereocenters. The van der Waals surface area contributed by atoms with Crippen LogP contribution in [0.1, 0.15) is 0 Å². The molecule has 26 valence electrons. The van der Waals surface area contributed by atoms with Crippen molar-refractivity contribution in [3.05, 3.63) is 0 Å². The normalized spacial score (nSPS) is 9.00. The predicted molar refractivity (Wildman–Crippen MR) is 32.7 cm³/mol. The maximum absolute atomic E-state index is 3.84. The average molecular weight is 174 g/mol. The summed E-state index contributed by atoms with van der Waals surface area (Å²) in [4.78, 5) is 0. The van der Waals surface area contributed by atoms with Gasteiger partial charge in [0.15, 0.2) is 0 Å². The van der Waals surface area contributed by atoms with E-state index >= 15 is 0 Å². The maximum atomic E-state index is 3.84. The van der Waals surface area contributed by atoms with Gasteiger partial charge in [0.05, 0.1) is 0 Å². The molecule has 0 aromatic carbocycles. The first kappa shape index (κ1) is 5.61. The molecule has 4 heteroatoms. The van der Waals surface area contributed by atoms with Crippen LogP contribution in [0.25, 0.3) is 0 Å². The SMILES string of the molecule is S[As](S)S. The summed E-state index contributed by atoms with van der Waals surface area (Å²) < 4.78 is 0. The molecule has 0 rings (SSSR count). The first-order valence-electron chi connectivity index (χ1n) is 0.600. The van der Waals surface area contributed by atoms with Gasteiger partial charge >= 0.3 is 43.9 Å². The van der Waals surface area contributed by atoms with Crippen LogP contribution in [0, 0.1) is 0 Å². The van der Waals surface area contributed by atoms with Gasteiger partial charge in [0.2, 0.25) is 0 Å². The Balaban J connectivity index is 2.32. The van der Waals surface area contributed by atoms with Gasteiger partial charge in [0.25, 0.3) is 0 Å². The molecule has 0 spiro atoms.